The van der Waals surface area contributed by atoms with E-state index in [2.05, 4.69) is 15.8 Å². The SMILES string of the molecule is CC(=NNC(=O)CNC(=O)COc1cccc(C)c1)c1ccco1. The van der Waals surface area contributed by atoms with Crippen molar-refractivity contribution in [1.82, 2.24) is 10.7 Å². The highest BCUT2D eigenvalue weighted by atomic mass is 16.5. The summed E-state index contributed by atoms with van der Waals surface area (Å²) >= 11 is 0. The molecular formula is C17H19N3O4. The third-order valence-electron chi connectivity index (χ3n) is 3.03. The number of ether oxygens (including phenoxy) is 1. The van der Waals surface area contributed by atoms with Crippen LogP contribution in [0.1, 0.15) is 18.2 Å². The fraction of sp³-hybridized carbons (Fsp3) is 0.235. The third kappa shape index (κ3) is 5.60. The number of furan rings is 1. The maximum absolute atomic E-state index is 11.7. The Bertz CT molecular complexity index is 723. The van der Waals surface area contributed by atoms with Gasteiger partial charge in [0.2, 0.25) is 0 Å². The second-order valence-corrected chi connectivity index (χ2v) is 5.09. The molecule has 2 rings (SSSR count). The minimum Gasteiger partial charge on any atom is -0.484 e. The number of aryl methyl sites for hydroxylation is 1. The molecule has 0 fully saturated rings. The lowest BCUT2D eigenvalue weighted by Gasteiger charge is -2.07. The van der Waals surface area contributed by atoms with Gasteiger partial charge in [0, 0.05) is 0 Å². The van der Waals surface area contributed by atoms with Crippen molar-refractivity contribution in [1.29, 1.82) is 0 Å². The normalized spacial score (nSPS) is 11.0. The molecule has 1 heterocycles. The molecule has 2 aromatic rings. The molecule has 1 aromatic heterocycles. The van der Waals surface area contributed by atoms with Gasteiger partial charge in [-0.2, -0.15) is 5.10 Å². The molecule has 126 valence electrons. The van der Waals surface area contributed by atoms with Crippen LogP contribution in [0, 0.1) is 6.92 Å². The minimum atomic E-state index is -0.440. The molecule has 0 unspecified atom stereocenters. The lowest BCUT2D eigenvalue weighted by atomic mass is 10.2. The average Bonchev–Trinajstić information content (AvgIpc) is 3.10. The number of benzene rings is 1. The second kappa shape index (κ2) is 8.52. The molecule has 0 bridgehead atoms. The molecule has 0 spiro atoms. The van der Waals surface area contributed by atoms with E-state index in [4.69, 9.17) is 9.15 Å². The van der Waals surface area contributed by atoms with Crippen molar-refractivity contribution in [2.75, 3.05) is 13.2 Å². The summed E-state index contributed by atoms with van der Waals surface area (Å²) in [7, 11) is 0. The Morgan fingerprint density at radius 3 is 2.75 bits per heavy atom. The van der Waals surface area contributed by atoms with E-state index in [9.17, 15) is 9.59 Å². The second-order valence-electron chi connectivity index (χ2n) is 5.09. The standard InChI is InChI=1S/C17H19N3O4/c1-12-5-3-6-14(9-12)24-11-17(22)18-10-16(21)20-19-13(2)15-7-4-8-23-15/h3-9H,10-11H2,1-2H3,(H,18,22)(H,20,21). The summed E-state index contributed by atoms with van der Waals surface area (Å²) in [5, 5.41) is 6.35. The Hall–Kier alpha value is -3.09. The first kappa shape index (κ1) is 17.3. The number of rotatable bonds is 7. The van der Waals surface area contributed by atoms with Crippen LogP contribution in [0.5, 0.6) is 5.75 Å². The zero-order valence-corrected chi connectivity index (χ0v) is 13.5. The Kier molecular flexibility index (Phi) is 6.13. The number of amides is 2. The maximum Gasteiger partial charge on any atom is 0.259 e. The predicted octanol–water partition coefficient (Wildman–Crippen LogP) is 1.62. The average molecular weight is 329 g/mol. The molecule has 0 saturated heterocycles. The summed E-state index contributed by atoms with van der Waals surface area (Å²) in [5.41, 5.74) is 3.91. The molecule has 0 radical (unpaired) electrons. The van der Waals surface area contributed by atoms with Crippen molar-refractivity contribution in [2.45, 2.75) is 13.8 Å². The van der Waals surface area contributed by atoms with Crippen LogP contribution in [-0.2, 0) is 9.59 Å². The number of carbonyl (C=O) groups excluding carboxylic acids is 2. The molecule has 1 aromatic carbocycles. The van der Waals surface area contributed by atoms with Gasteiger partial charge >= 0.3 is 0 Å². The summed E-state index contributed by atoms with van der Waals surface area (Å²) in [6.07, 6.45) is 1.52. The monoisotopic (exact) mass is 329 g/mol. The zero-order chi connectivity index (χ0) is 17.4. The zero-order valence-electron chi connectivity index (χ0n) is 13.5. The van der Waals surface area contributed by atoms with Gasteiger partial charge in [0.25, 0.3) is 11.8 Å². The van der Waals surface area contributed by atoms with E-state index >= 15 is 0 Å². The fourth-order valence-electron chi connectivity index (χ4n) is 1.81. The Morgan fingerprint density at radius 1 is 1.21 bits per heavy atom. The van der Waals surface area contributed by atoms with Crippen LogP contribution in [0.4, 0.5) is 0 Å². The van der Waals surface area contributed by atoms with Gasteiger partial charge in [-0.25, -0.2) is 5.43 Å². The first-order valence-electron chi connectivity index (χ1n) is 7.38. The van der Waals surface area contributed by atoms with Gasteiger partial charge in [-0.05, 0) is 43.7 Å². The van der Waals surface area contributed by atoms with Gasteiger partial charge in [0.05, 0.1) is 12.8 Å². The lowest BCUT2D eigenvalue weighted by Crippen LogP contribution is -2.37. The van der Waals surface area contributed by atoms with Crippen LogP contribution in [-0.4, -0.2) is 30.7 Å². The first-order chi connectivity index (χ1) is 11.5. The highest BCUT2D eigenvalue weighted by molar-refractivity contribution is 5.97. The fourth-order valence-corrected chi connectivity index (χ4v) is 1.81. The smallest absolute Gasteiger partial charge is 0.259 e. The molecule has 0 aliphatic rings. The molecule has 0 saturated carbocycles. The largest absolute Gasteiger partial charge is 0.484 e. The summed E-state index contributed by atoms with van der Waals surface area (Å²) in [5.74, 6) is 0.336. The molecule has 2 amide bonds. The highest BCUT2D eigenvalue weighted by Crippen LogP contribution is 2.11. The van der Waals surface area contributed by atoms with Crippen LogP contribution < -0.4 is 15.5 Å². The molecule has 2 N–H and O–H groups in total. The van der Waals surface area contributed by atoms with Crippen LogP contribution in [0.2, 0.25) is 0 Å². The van der Waals surface area contributed by atoms with Crippen LogP contribution >= 0.6 is 0 Å². The van der Waals surface area contributed by atoms with Gasteiger partial charge in [0.1, 0.15) is 17.2 Å². The van der Waals surface area contributed by atoms with Gasteiger partial charge in [-0.1, -0.05) is 12.1 Å². The minimum absolute atomic E-state index is 0.161. The molecule has 7 heteroatoms. The maximum atomic E-state index is 11.7. The predicted molar refractivity (Wildman–Crippen MR) is 88.7 cm³/mol. The number of nitrogens with one attached hydrogen (secondary N) is 2. The van der Waals surface area contributed by atoms with Gasteiger partial charge < -0.3 is 14.5 Å². The highest BCUT2D eigenvalue weighted by Gasteiger charge is 2.07. The van der Waals surface area contributed by atoms with E-state index in [-0.39, 0.29) is 13.2 Å². The van der Waals surface area contributed by atoms with Crippen molar-refractivity contribution < 1.29 is 18.7 Å². The summed E-state index contributed by atoms with van der Waals surface area (Å²) in [6.45, 7) is 3.28. The Balaban J connectivity index is 1.69. The topological polar surface area (TPSA) is 92.9 Å². The van der Waals surface area contributed by atoms with Gasteiger partial charge in [0.15, 0.2) is 6.61 Å². The van der Waals surface area contributed by atoms with Crippen LogP contribution in [0.3, 0.4) is 0 Å². The van der Waals surface area contributed by atoms with E-state index in [1.807, 2.05) is 25.1 Å². The molecule has 0 aliphatic heterocycles. The van der Waals surface area contributed by atoms with E-state index in [1.165, 1.54) is 6.26 Å². The number of nitrogens with zero attached hydrogens (tertiary/aromatic N) is 1. The van der Waals surface area contributed by atoms with E-state index in [0.717, 1.165) is 5.56 Å². The van der Waals surface area contributed by atoms with Gasteiger partial charge in [-0.15, -0.1) is 0 Å². The number of hydrogen-bond donors (Lipinski definition) is 2. The quantitative estimate of drug-likeness (QED) is 0.596. The van der Waals surface area contributed by atoms with E-state index in [1.54, 1.807) is 25.1 Å². The molecule has 7 nitrogen and oxygen atoms in total. The van der Waals surface area contributed by atoms with E-state index < -0.39 is 11.8 Å². The Labute approximate surface area is 139 Å². The van der Waals surface area contributed by atoms with Gasteiger partial charge in [-0.3, -0.25) is 9.59 Å². The third-order valence-corrected chi connectivity index (χ3v) is 3.03. The van der Waals surface area contributed by atoms with Crippen molar-refractivity contribution in [3.05, 3.63) is 54.0 Å². The number of hydrazone groups is 1. The van der Waals surface area contributed by atoms with Crippen molar-refractivity contribution in [3.63, 3.8) is 0 Å². The molecule has 0 aliphatic carbocycles. The number of carbonyl (C=O) groups is 2. The summed E-state index contributed by atoms with van der Waals surface area (Å²) in [6, 6.07) is 10.8. The van der Waals surface area contributed by atoms with Crippen molar-refractivity contribution in [2.24, 2.45) is 5.10 Å². The summed E-state index contributed by atoms with van der Waals surface area (Å²) in [4.78, 5) is 23.3. The first-order valence-corrected chi connectivity index (χ1v) is 7.38. The van der Waals surface area contributed by atoms with Crippen molar-refractivity contribution in [3.8, 4) is 5.75 Å². The molecule has 24 heavy (non-hydrogen) atoms. The molecular weight excluding hydrogens is 310 g/mol. The van der Waals surface area contributed by atoms with Crippen LogP contribution in [0.15, 0.2) is 52.2 Å². The molecule has 0 atom stereocenters. The lowest BCUT2D eigenvalue weighted by molar-refractivity contribution is -0.127. The summed E-state index contributed by atoms with van der Waals surface area (Å²) < 4.78 is 10.5. The van der Waals surface area contributed by atoms with Crippen LogP contribution in [0.25, 0.3) is 0 Å². The Morgan fingerprint density at radius 2 is 2.04 bits per heavy atom. The number of hydrogen-bond acceptors (Lipinski definition) is 5. The van der Waals surface area contributed by atoms with Crippen molar-refractivity contribution >= 4 is 17.5 Å². The van der Waals surface area contributed by atoms with E-state index in [0.29, 0.717) is 17.2 Å².